The van der Waals surface area contributed by atoms with Gasteiger partial charge in [-0.05, 0) is 37.6 Å². The number of amides is 1. The first kappa shape index (κ1) is 18.8. The average molecular weight is 383 g/mol. The Balaban J connectivity index is 2.05. The van der Waals surface area contributed by atoms with Gasteiger partial charge in [-0.3, -0.25) is 4.79 Å². The molecule has 0 aliphatic rings. The lowest BCUT2D eigenvalue weighted by atomic mass is 10.0. The lowest BCUT2D eigenvalue weighted by Crippen LogP contribution is -2.14. The number of carbonyl (C=O) groups excluding carboxylic acids is 2. The Morgan fingerprint density at radius 2 is 1.78 bits per heavy atom. The highest BCUT2D eigenvalue weighted by Gasteiger charge is 2.25. The topological polar surface area (TPSA) is 55.4 Å². The molecule has 0 radical (unpaired) electrons. The maximum Gasteiger partial charge on any atom is 0.341 e. The highest BCUT2D eigenvalue weighted by atomic mass is 32.1. The van der Waals surface area contributed by atoms with E-state index in [0.29, 0.717) is 10.6 Å². The van der Waals surface area contributed by atoms with Crippen LogP contribution in [0.5, 0.6) is 0 Å². The van der Waals surface area contributed by atoms with Crippen molar-refractivity contribution in [2.75, 3.05) is 12.4 Å². The highest BCUT2D eigenvalue weighted by Crippen LogP contribution is 2.40. The summed E-state index contributed by atoms with van der Waals surface area (Å²) in [7, 11) is 1.30. The fourth-order valence-corrected chi connectivity index (χ4v) is 3.86. The van der Waals surface area contributed by atoms with Gasteiger partial charge in [-0.2, -0.15) is 0 Å². The molecule has 1 aromatic heterocycles. The Labute approximate surface area is 160 Å². The number of ether oxygens (including phenoxy) is 1. The Kier molecular flexibility index (Phi) is 5.37. The van der Waals surface area contributed by atoms with E-state index >= 15 is 0 Å². The molecule has 0 aliphatic heterocycles. The van der Waals surface area contributed by atoms with Crippen molar-refractivity contribution in [3.8, 4) is 11.1 Å². The normalized spacial score (nSPS) is 10.5. The van der Waals surface area contributed by atoms with Crippen LogP contribution in [0.2, 0.25) is 0 Å². The predicted octanol–water partition coefficient (Wildman–Crippen LogP) is 5.21. The number of hydrogen-bond acceptors (Lipinski definition) is 4. The summed E-state index contributed by atoms with van der Waals surface area (Å²) in [6.45, 7) is 3.86. The predicted molar refractivity (Wildman–Crippen MR) is 105 cm³/mol. The molecule has 27 heavy (non-hydrogen) atoms. The Bertz CT molecular complexity index is 1010. The number of rotatable bonds is 4. The summed E-state index contributed by atoms with van der Waals surface area (Å²) in [6.07, 6.45) is 0. The zero-order chi connectivity index (χ0) is 19.6. The maximum atomic E-state index is 13.4. The van der Waals surface area contributed by atoms with Gasteiger partial charge in [0.25, 0.3) is 5.91 Å². The number of anilines is 1. The van der Waals surface area contributed by atoms with Gasteiger partial charge in [0.2, 0.25) is 0 Å². The van der Waals surface area contributed by atoms with Crippen LogP contribution >= 0.6 is 11.3 Å². The van der Waals surface area contributed by atoms with Crippen molar-refractivity contribution in [2.45, 2.75) is 13.8 Å². The molecule has 0 atom stereocenters. The zero-order valence-corrected chi connectivity index (χ0v) is 15.9. The van der Waals surface area contributed by atoms with Gasteiger partial charge in [0, 0.05) is 16.0 Å². The molecule has 4 nitrogen and oxygen atoms in total. The van der Waals surface area contributed by atoms with E-state index in [4.69, 9.17) is 4.74 Å². The molecular weight excluding hydrogens is 365 g/mol. The summed E-state index contributed by atoms with van der Waals surface area (Å²) in [5.74, 6) is -1.53. The first-order chi connectivity index (χ1) is 12.9. The molecule has 0 bridgehead atoms. The number of methoxy groups -OCH3 is 1. The molecule has 6 heteroatoms. The number of carbonyl (C=O) groups is 2. The number of hydrogen-bond donors (Lipinski definition) is 1. The minimum Gasteiger partial charge on any atom is -0.465 e. The van der Waals surface area contributed by atoms with Crippen LogP contribution in [0.4, 0.5) is 9.39 Å². The first-order valence-corrected chi connectivity index (χ1v) is 9.08. The third-order valence-corrected chi connectivity index (χ3v) is 5.15. The molecule has 3 aromatic rings. The quantitative estimate of drug-likeness (QED) is 0.629. The third kappa shape index (κ3) is 3.90. The van der Waals surface area contributed by atoms with Crippen molar-refractivity contribution < 1.29 is 18.7 Å². The van der Waals surface area contributed by atoms with Crippen LogP contribution in [0.15, 0.2) is 48.5 Å². The Morgan fingerprint density at radius 1 is 1.07 bits per heavy atom. The van der Waals surface area contributed by atoms with Crippen LogP contribution in [0, 0.1) is 19.7 Å². The third-order valence-electron chi connectivity index (χ3n) is 4.13. The van der Waals surface area contributed by atoms with Gasteiger partial charge in [-0.1, -0.05) is 35.9 Å². The highest BCUT2D eigenvalue weighted by molar-refractivity contribution is 7.17. The molecule has 0 unspecified atom stereocenters. The maximum absolute atomic E-state index is 13.4. The fraction of sp³-hybridized carbons (Fsp3) is 0.143. The van der Waals surface area contributed by atoms with Crippen LogP contribution in [-0.4, -0.2) is 19.0 Å². The molecule has 0 fully saturated rings. The number of benzene rings is 2. The van der Waals surface area contributed by atoms with Crippen molar-refractivity contribution in [3.63, 3.8) is 0 Å². The number of halogens is 1. The fourth-order valence-electron chi connectivity index (χ4n) is 2.80. The largest absolute Gasteiger partial charge is 0.465 e. The van der Waals surface area contributed by atoms with E-state index in [1.165, 1.54) is 36.6 Å². The summed E-state index contributed by atoms with van der Waals surface area (Å²) in [5.41, 5.74) is 3.16. The smallest absolute Gasteiger partial charge is 0.341 e. The lowest BCUT2D eigenvalue weighted by molar-refractivity contribution is 0.0603. The van der Waals surface area contributed by atoms with Gasteiger partial charge in [-0.25, -0.2) is 9.18 Å². The summed E-state index contributed by atoms with van der Waals surface area (Å²) >= 11 is 1.28. The van der Waals surface area contributed by atoms with Crippen molar-refractivity contribution in [1.29, 1.82) is 0 Å². The number of esters is 1. The molecule has 138 valence electrons. The van der Waals surface area contributed by atoms with Crippen molar-refractivity contribution in [3.05, 3.63) is 75.9 Å². The van der Waals surface area contributed by atoms with Gasteiger partial charge in [-0.15, -0.1) is 11.3 Å². The van der Waals surface area contributed by atoms with Gasteiger partial charge >= 0.3 is 5.97 Å². The second-order valence-electron chi connectivity index (χ2n) is 6.06. The minimum atomic E-state index is -0.538. The monoisotopic (exact) mass is 383 g/mol. The van der Waals surface area contributed by atoms with Crippen molar-refractivity contribution >= 4 is 28.2 Å². The SMILES string of the molecule is COC(=O)c1c(NC(=O)c2cccc(F)c2)sc(C)c1-c1ccc(C)cc1. The van der Waals surface area contributed by atoms with Gasteiger partial charge in [0.15, 0.2) is 0 Å². The summed E-state index contributed by atoms with van der Waals surface area (Å²) in [5, 5.41) is 3.10. The molecule has 1 N–H and O–H groups in total. The molecule has 3 rings (SSSR count). The first-order valence-electron chi connectivity index (χ1n) is 8.26. The molecule has 0 aliphatic carbocycles. The van der Waals surface area contributed by atoms with E-state index in [9.17, 15) is 14.0 Å². The average Bonchev–Trinajstić information content (AvgIpc) is 2.97. The number of nitrogens with one attached hydrogen (secondary N) is 1. The molecule has 0 saturated carbocycles. The Morgan fingerprint density at radius 3 is 2.41 bits per heavy atom. The van der Waals surface area contributed by atoms with E-state index in [1.807, 2.05) is 38.1 Å². The standard InChI is InChI=1S/C21H18FNO3S/c1-12-7-9-14(10-8-12)17-13(2)27-20(18(17)21(25)26-3)23-19(24)15-5-4-6-16(22)11-15/h4-11H,1-3H3,(H,23,24). The van der Waals surface area contributed by atoms with E-state index in [1.54, 1.807) is 0 Å². The van der Waals surface area contributed by atoms with Crippen molar-refractivity contribution in [2.24, 2.45) is 0 Å². The molecule has 0 saturated heterocycles. The van der Waals surface area contributed by atoms with E-state index in [-0.39, 0.29) is 5.56 Å². The second kappa shape index (κ2) is 7.72. The van der Waals surface area contributed by atoms with Crippen molar-refractivity contribution in [1.82, 2.24) is 0 Å². The molecule has 1 amide bonds. The summed E-state index contributed by atoms with van der Waals surface area (Å²) < 4.78 is 18.3. The van der Waals surface area contributed by atoms with E-state index in [0.717, 1.165) is 27.6 Å². The van der Waals surface area contributed by atoms with Gasteiger partial charge < -0.3 is 10.1 Å². The van der Waals surface area contributed by atoms with Gasteiger partial charge in [0.1, 0.15) is 16.4 Å². The second-order valence-corrected chi connectivity index (χ2v) is 7.28. The van der Waals surface area contributed by atoms with Crippen LogP contribution < -0.4 is 5.32 Å². The van der Waals surface area contributed by atoms with Crippen LogP contribution in [0.1, 0.15) is 31.2 Å². The Hall–Kier alpha value is -2.99. The van der Waals surface area contributed by atoms with Gasteiger partial charge in [0.05, 0.1) is 7.11 Å². The van der Waals surface area contributed by atoms with Crippen LogP contribution in [-0.2, 0) is 4.74 Å². The number of aryl methyl sites for hydroxylation is 2. The van der Waals surface area contributed by atoms with E-state index < -0.39 is 17.7 Å². The zero-order valence-electron chi connectivity index (χ0n) is 15.1. The van der Waals surface area contributed by atoms with Crippen LogP contribution in [0.3, 0.4) is 0 Å². The van der Waals surface area contributed by atoms with Crippen LogP contribution in [0.25, 0.3) is 11.1 Å². The molecule has 2 aromatic carbocycles. The molecule has 0 spiro atoms. The summed E-state index contributed by atoms with van der Waals surface area (Å²) in [6, 6.07) is 13.2. The minimum absolute atomic E-state index is 0.175. The number of thiophene rings is 1. The molecular formula is C21H18FNO3S. The lowest BCUT2D eigenvalue weighted by Gasteiger charge is -2.08. The summed E-state index contributed by atoms with van der Waals surface area (Å²) in [4.78, 5) is 25.8. The van der Waals surface area contributed by atoms with E-state index in [2.05, 4.69) is 5.32 Å². The molecule has 1 heterocycles.